The van der Waals surface area contributed by atoms with E-state index in [4.69, 9.17) is 11.6 Å². The van der Waals surface area contributed by atoms with Gasteiger partial charge in [0.25, 0.3) is 0 Å². The van der Waals surface area contributed by atoms with Crippen LogP contribution in [0.3, 0.4) is 0 Å². The lowest BCUT2D eigenvalue weighted by atomic mass is 10.2. The molecule has 0 spiro atoms. The second kappa shape index (κ2) is 6.92. The Labute approximate surface area is 139 Å². The van der Waals surface area contributed by atoms with E-state index in [1.807, 2.05) is 30.0 Å². The molecule has 1 atom stereocenters. The van der Waals surface area contributed by atoms with Crippen molar-refractivity contribution in [3.05, 3.63) is 23.2 Å². The fourth-order valence-electron chi connectivity index (χ4n) is 2.78. The van der Waals surface area contributed by atoms with Crippen molar-refractivity contribution in [2.75, 3.05) is 13.1 Å². The number of amides is 1. The quantitative estimate of drug-likeness (QED) is 0.858. The van der Waals surface area contributed by atoms with Gasteiger partial charge in [0, 0.05) is 18.1 Å². The van der Waals surface area contributed by atoms with Gasteiger partial charge in [0.1, 0.15) is 0 Å². The molecule has 3 rings (SSSR count). The van der Waals surface area contributed by atoms with Crippen molar-refractivity contribution < 1.29 is 4.79 Å². The molecule has 6 heteroatoms. The van der Waals surface area contributed by atoms with Gasteiger partial charge >= 0.3 is 0 Å². The first-order chi connectivity index (χ1) is 10.6. The van der Waals surface area contributed by atoms with Gasteiger partial charge < -0.3 is 9.88 Å². The van der Waals surface area contributed by atoms with Crippen molar-refractivity contribution >= 4 is 40.3 Å². The number of halogens is 1. The van der Waals surface area contributed by atoms with Crippen LogP contribution in [0.25, 0.3) is 11.0 Å². The lowest BCUT2D eigenvalue weighted by molar-refractivity contribution is -0.130. The van der Waals surface area contributed by atoms with E-state index >= 15 is 0 Å². The number of benzene rings is 1. The Hall–Kier alpha value is -1.20. The minimum absolute atomic E-state index is 0.130. The Balaban J connectivity index is 1.68. The minimum Gasteiger partial charge on any atom is -0.342 e. The fourth-order valence-corrected chi connectivity index (χ4v) is 3.86. The second-order valence-electron chi connectivity index (χ2n) is 5.70. The third-order valence-corrected chi connectivity index (χ3v) is 5.18. The van der Waals surface area contributed by atoms with Gasteiger partial charge in [-0.15, -0.1) is 0 Å². The molecule has 2 aromatic rings. The number of imidazole rings is 1. The maximum absolute atomic E-state index is 12.6. The van der Waals surface area contributed by atoms with Crippen LogP contribution in [0.5, 0.6) is 0 Å². The van der Waals surface area contributed by atoms with Crippen molar-refractivity contribution in [2.45, 2.75) is 43.0 Å². The predicted molar refractivity (Wildman–Crippen MR) is 91.5 cm³/mol. The van der Waals surface area contributed by atoms with Crippen LogP contribution in [0.1, 0.15) is 32.6 Å². The summed E-state index contributed by atoms with van der Waals surface area (Å²) in [5.74, 6) is 0.213. The molecule has 2 heterocycles. The zero-order valence-electron chi connectivity index (χ0n) is 12.6. The summed E-state index contributed by atoms with van der Waals surface area (Å²) in [7, 11) is 0. The van der Waals surface area contributed by atoms with E-state index in [0.717, 1.165) is 42.1 Å². The van der Waals surface area contributed by atoms with Crippen LogP contribution < -0.4 is 0 Å². The Morgan fingerprint density at radius 2 is 2.05 bits per heavy atom. The number of fused-ring (bicyclic) bond motifs is 1. The third kappa shape index (κ3) is 3.58. The third-order valence-electron chi connectivity index (χ3n) is 3.98. The molecule has 1 fully saturated rings. The molecule has 1 aromatic carbocycles. The zero-order valence-corrected chi connectivity index (χ0v) is 14.2. The first-order valence-corrected chi connectivity index (χ1v) is 9.00. The molecule has 0 aliphatic carbocycles. The van der Waals surface area contributed by atoms with Crippen molar-refractivity contribution in [1.29, 1.82) is 0 Å². The highest BCUT2D eigenvalue weighted by molar-refractivity contribution is 8.00. The molecule has 1 unspecified atom stereocenters. The Morgan fingerprint density at radius 3 is 2.77 bits per heavy atom. The number of carbonyl (C=O) groups excluding carboxylic acids is 1. The highest BCUT2D eigenvalue weighted by atomic mass is 35.5. The van der Waals surface area contributed by atoms with Gasteiger partial charge in [-0.1, -0.05) is 36.2 Å². The number of likely N-dealkylation sites (tertiary alicyclic amines) is 1. The minimum atomic E-state index is -0.130. The van der Waals surface area contributed by atoms with Crippen molar-refractivity contribution in [2.24, 2.45) is 0 Å². The number of aromatic nitrogens is 2. The molecule has 118 valence electrons. The molecular weight excluding hydrogens is 318 g/mol. The lowest BCUT2D eigenvalue weighted by Gasteiger charge is -2.23. The second-order valence-corrected chi connectivity index (χ2v) is 7.47. The Kier molecular flexibility index (Phi) is 4.93. The molecule has 1 saturated heterocycles. The number of hydrogen-bond donors (Lipinski definition) is 1. The number of aromatic amines is 1. The fraction of sp³-hybridized carbons (Fsp3) is 0.500. The van der Waals surface area contributed by atoms with E-state index in [1.54, 1.807) is 0 Å². The summed E-state index contributed by atoms with van der Waals surface area (Å²) in [6, 6.07) is 5.57. The lowest BCUT2D eigenvalue weighted by Crippen LogP contribution is -2.37. The van der Waals surface area contributed by atoms with Crippen LogP contribution >= 0.6 is 23.4 Å². The van der Waals surface area contributed by atoms with Crippen LogP contribution in [0.4, 0.5) is 0 Å². The van der Waals surface area contributed by atoms with E-state index < -0.39 is 0 Å². The number of hydrogen-bond acceptors (Lipinski definition) is 3. The summed E-state index contributed by atoms with van der Waals surface area (Å²) < 4.78 is 0. The Morgan fingerprint density at radius 1 is 1.32 bits per heavy atom. The summed E-state index contributed by atoms with van der Waals surface area (Å²) in [5, 5.41) is 1.32. The van der Waals surface area contributed by atoms with Crippen LogP contribution in [-0.2, 0) is 4.79 Å². The van der Waals surface area contributed by atoms with Crippen molar-refractivity contribution in [3.63, 3.8) is 0 Å². The molecule has 0 saturated carbocycles. The topological polar surface area (TPSA) is 49.0 Å². The van der Waals surface area contributed by atoms with Crippen LogP contribution in [0.15, 0.2) is 23.4 Å². The smallest absolute Gasteiger partial charge is 0.235 e. The maximum atomic E-state index is 12.6. The summed E-state index contributed by atoms with van der Waals surface area (Å²) in [6.45, 7) is 3.73. The van der Waals surface area contributed by atoms with Gasteiger partial charge in [0.2, 0.25) is 5.91 Å². The van der Waals surface area contributed by atoms with E-state index in [2.05, 4.69) is 9.97 Å². The van der Waals surface area contributed by atoms with E-state index in [1.165, 1.54) is 24.6 Å². The van der Waals surface area contributed by atoms with Crippen molar-refractivity contribution in [3.8, 4) is 0 Å². The molecule has 4 nitrogen and oxygen atoms in total. The molecule has 1 aliphatic rings. The molecule has 0 bridgehead atoms. The number of rotatable bonds is 3. The van der Waals surface area contributed by atoms with Gasteiger partial charge in [0.15, 0.2) is 5.16 Å². The van der Waals surface area contributed by atoms with Gasteiger partial charge in [0.05, 0.1) is 16.3 Å². The number of H-pyrrole nitrogens is 1. The average Bonchev–Trinajstić information content (AvgIpc) is 2.72. The summed E-state index contributed by atoms with van der Waals surface area (Å²) >= 11 is 7.47. The summed E-state index contributed by atoms with van der Waals surface area (Å²) in [6.07, 6.45) is 4.70. The summed E-state index contributed by atoms with van der Waals surface area (Å²) in [5.41, 5.74) is 1.78. The molecule has 1 aromatic heterocycles. The normalized spacial score (nSPS) is 17.5. The predicted octanol–water partition coefficient (Wildman–Crippen LogP) is 4.10. The highest BCUT2D eigenvalue weighted by Crippen LogP contribution is 2.26. The number of nitrogens with one attached hydrogen (secondary N) is 1. The van der Waals surface area contributed by atoms with E-state index in [0.29, 0.717) is 5.02 Å². The molecule has 1 amide bonds. The van der Waals surface area contributed by atoms with Gasteiger partial charge in [-0.05, 0) is 38.0 Å². The first-order valence-electron chi connectivity index (χ1n) is 7.74. The molecule has 1 N–H and O–H groups in total. The van der Waals surface area contributed by atoms with Crippen LogP contribution in [-0.4, -0.2) is 39.1 Å². The molecule has 0 radical (unpaired) electrons. The zero-order chi connectivity index (χ0) is 15.5. The molecular formula is C16H20ClN3OS. The molecule has 22 heavy (non-hydrogen) atoms. The van der Waals surface area contributed by atoms with E-state index in [9.17, 15) is 4.79 Å². The largest absolute Gasteiger partial charge is 0.342 e. The van der Waals surface area contributed by atoms with Gasteiger partial charge in [-0.2, -0.15) is 0 Å². The first kappa shape index (κ1) is 15.7. The number of carbonyl (C=O) groups is 1. The standard InChI is InChI=1S/C16H20ClN3OS/c1-11(15(21)20-8-4-2-3-5-9-20)22-16-18-13-7-6-12(17)10-14(13)19-16/h6-7,10-11H,2-5,8-9H2,1H3,(H,18,19). The maximum Gasteiger partial charge on any atom is 0.235 e. The SMILES string of the molecule is CC(Sc1nc2ccc(Cl)cc2[nH]1)C(=O)N1CCCCCC1. The van der Waals surface area contributed by atoms with Crippen LogP contribution in [0.2, 0.25) is 5.02 Å². The number of thioether (sulfide) groups is 1. The molecule has 1 aliphatic heterocycles. The van der Waals surface area contributed by atoms with Gasteiger partial charge in [-0.3, -0.25) is 4.79 Å². The van der Waals surface area contributed by atoms with Crippen LogP contribution in [0, 0.1) is 0 Å². The van der Waals surface area contributed by atoms with Crippen molar-refractivity contribution in [1.82, 2.24) is 14.9 Å². The number of nitrogens with zero attached hydrogens (tertiary/aromatic N) is 2. The monoisotopic (exact) mass is 337 g/mol. The highest BCUT2D eigenvalue weighted by Gasteiger charge is 2.23. The average molecular weight is 338 g/mol. The summed E-state index contributed by atoms with van der Waals surface area (Å²) in [4.78, 5) is 22.3. The Bertz CT molecular complexity index is 664. The van der Waals surface area contributed by atoms with Gasteiger partial charge in [-0.25, -0.2) is 4.98 Å². The van der Waals surface area contributed by atoms with E-state index in [-0.39, 0.29) is 11.2 Å².